The van der Waals surface area contributed by atoms with Crippen LogP contribution in [0.5, 0.6) is 5.75 Å². The minimum atomic E-state index is -3.66. The van der Waals surface area contributed by atoms with Crippen LogP contribution in [-0.4, -0.2) is 51.4 Å². The summed E-state index contributed by atoms with van der Waals surface area (Å²) in [6.07, 6.45) is 0. The maximum atomic E-state index is 12.4. The molecule has 1 aliphatic heterocycles. The first-order valence-corrected chi connectivity index (χ1v) is 7.74. The van der Waals surface area contributed by atoms with E-state index in [0.29, 0.717) is 26.3 Å². The van der Waals surface area contributed by atoms with E-state index in [-0.39, 0.29) is 16.2 Å². The van der Waals surface area contributed by atoms with Gasteiger partial charge in [0.25, 0.3) is 5.24 Å². The molecule has 0 saturated carbocycles. The van der Waals surface area contributed by atoms with Crippen molar-refractivity contribution >= 4 is 26.9 Å². The standard InChI is InChI=1S/C12H14ClNO5S/c1-18-11-3-2-9(8-10(11)12(13)15)20(16,17)14-4-6-19-7-5-14/h2-3,8H,4-7H2,1H3. The first-order chi connectivity index (χ1) is 9.46. The number of nitrogens with zero attached hydrogens (tertiary/aromatic N) is 1. The Morgan fingerprint density at radius 1 is 1.35 bits per heavy atom. The fraction of sp³-hybridized carbons (Fsp3) is 0.417. The lowest BCUT2D eigenvalue weighted by Crippen LogP contribution is -2.40. The molecule has 0 unspecified atom stereocenters. The third kappa shape index (κ3) is 2.95. The Bertz CT molecular complexity index is 610. The second-order valence-electron chi connectivity index (χ2n) is 4.15. The van der Waals surface area contributed by atoms with Crippen LogP contribution in [0.4, 0.5) is 0 Å². The molecule has 0 bridgehead atoms. The van der Waals surface area contributed by atoms with E-state index in [1.807, 2.05) is 0 Å². The average molecular weight is 320 g/mol. The smallest absolute Gasteiger partial charge is 0.256 e. The van der Waals surface area contributed by atoms with Crippen molar-refractivity contribution in [2.24, 2.45) is 0 Å². The monoisotopic (exact) mass is 319 g/mol. The van der Waals surface area contributed by atoms with Crippen LogP contribution in [0.1, 0.15) is 10.4 Å². The summed E-state index contributed by atoms with van der Waals surface area (Å²) in [4.78, 5) is 11.4. The number of hydrogen-bond acceptors (Lipinski definition) is 5. The van der Waals surface area contributed by atoms with E-state index >= 15 is 0 Å². The molecule has 1 heterocycles. The van der Waals surface area contributed by atoms with Crippen molar-refractivity contribution in [3.05, 3.63) is 23.8 Å². The summed E-state index contributed by atoms with van der Waals surface area (Å²) < 4.78 is 36.3. The average Bonchev–Trinajstić information content (AvgIpc) is 2.47. The summed E-state index contributed by atoms with van der Waals surface area (Å²) in [5, 5.41) is -0.763. The fourth-order valence-corrected chi connectivity index (χ4v) is 3.52. The Morgan fingerprint density at radius 3 is 2.55 bits per heavy atom. The minimum absolute atomic E-state index is 0.0178. The van der Waals surface area contributed by atoms with Gasteiger partial charge in [-0.3, -0.25) is 4.79 Å². The van der Waals surface area contributed by atoms with Crippen LogP contribution in [-0.2, 0) is 14.8 Å². The highest BCUT2D eigenvalue weighted by molar-refractivity contribution is 7.89. The van der Waals surface area contributed by atoms with Gasteiger partial charge in [-0.1, -0.05) is 0 Å². The molecule has 0 aliphatic carbocycles. The number of morpholine rings is 1. The third-order valence-corrected chi connectivity index (χ3v) is 5.09. The van der Waals surface area contributed by atoms with Gasteiger partial charge >= 0.3 is 0 Å². The van der Waals surface area contributed by atoms with E-state index in [0.717, 1.165) is 0 Å². The van der Waals surface area contributed by atoms with Gasteiger partial charge in [0.05, 0.1) is 30.8 Å². The van der Waals surface area contributed by atoms with Crippen LogP contribution >= 0.6 is 11.6 Å². The highest BCUT2D eigenvalue weighted by Crippen LogP contribution is 2.26. The number of methoxy groups -OCH3 is 1. The highest BCUT2D eigenvalue weighted by Gasteiger charge is 2.27. The van der Waals surface area contributed by atoms with E-state index in [9.17, 15) is 13.2 Å². The van der Waals surface area contributed by atoms with Crippen molar-refractivity contribution < 1.29 is 22.7 Å². The lowest BCUT2D eigenvalue weighted by atomic mass is 10.2. The van der Waals surface area contributed by atoms with Crippen LogP contribution in [0.2, 0.25) is 0 Å². The Morgan fingerprint density at radius 2 is 2.00 bits per heavy atom. The Hall–Kier alpha value is -1.15. The van der Waals surface area contributed by atoms with Crippen molar-refractivity contribution in [1.29, 1.82) is 0 Å². The maximum absolute atomic E-state index is 12.4. The lowest BCUT2D eigenvalue weighted by molar-refractivity contribution is 0.0730. The molecule has 1 aromatic carbocycles. The maximum Gasteiger partial charge on any atom is 0.256 e. The van der Waals surface area contributed by atoms with Crippen LogP contribution in [0.3, 0.4) is 0 Å². The van der Waals surface area contributed by atoms with Gasteiger partial charge < -0.3 is 9.47 Å². The van der Waals surface area contributed by atoms with Gasteiger partial charge in [-0.25, -0.2) is 8.42 Å². The zero-order valence-electron chi connectivity index (χ0n) is 10.8. The predicted molar refractivity (Wildman–Crippen MR) is 72.8 cm³/mol. The highest BCUT2D eigenvalue weighted by atomic mass is 35.5. The van der Waals surface area contributed by atoms with Crippen molar-refractivity contribution in [3.8, 4) is 5.75 Å². The molecule has 20 heavy (non-hydrogen) atoms. The SMILES string of the molecule is COc1ccc(S(=O)(=O)N2CCOCC2)cc1C(=O)Cl. The first kappa shape index (κ1) is 15.2. The van der Waals surface area contributed by atoms with E-state index in [2.05, 4.69) is 0 Å². The molecule has 1 aromatic rings. The number of halogens is 1. The van der Waals surface area contributed by atoms with Crippen molar-refractivity contribution in [2.45, 2.75) is 4.90 Å². The van der Waals surface area contributed by atoms with Crippen LogP contribution in [0.25, 0.3) is 0 Å². The molecule has 0 radical (unpaired) electrons. The zero-order valence-corrected chi connectivity index (χ0v) is 12.4. The van der Waals surface area contributed by atoms with E-state index < -0.39 is 15.3 Å². The van der Waals surface area contributed by atoms with E-state index in [4.69, 9.17) is 21.1 Å². The van der Waals surface area contributed by atoms with Crippen molar-refractivity contribution in [1.82, 2.24) is 4.31 Å². The van der Waals surface area contributed by atoms with Gasteiger partial charge in [-0.05, 0) is 29.8 Å². The molecular formula is C12H14ClNO5S. The molecule has 110 valence electrons. The lowest BCUT2D eigenvalue weighted by Gasteiger charge is -2.26. The molecule has 6 nitrogen and oxygen atoms in total. The van der Waals surface area contributed by atoms with Gasteiger partial charge in [0.15, 0.2) is 0 Å². The van der Waals surface area contributed by atoms with E-state index in [1.54, 1.807) is 0 Å². The van der Waals surface area contributed by atoms with Gasteiger partial charge in [0.2, 0.25) is 10.0 Å². The summed E-state index contributed by atoms with van der Waals surface area (Å²) in [6.45, 7) is 1.30. The topological polar surface area (TPSA) is 72.9 Å². The molecule has 0 N–H and O–H groups in total. The van der Waals surface area contributed by atoms with Gasteiger partial charge in [-0.2, -0.15) is 4.31 Å². The molecule has 1 aliphatic rings. The molecule has 0 amide bonds. The zero-order chi connectivity index (χ0) is 14.8. The van der Waals surface area contributed by atoms with Gasteiger partial charge in [-0.15, -0.1) is 0 Å². The van der Waals surface area contributed by atoms with Crippen molar-refractivity contribution in [2.75, 3.05) is 33.4 Å². The van der Waals surface area contributed by atoms with E-state index in [1.165, 1.54) is 29.6 Å². The number of rotatable bonds is 4. The molecule has 8 heteroatoms. The molecular weight excluding hydrogens is 306 g/mol. The Kier molecular flexibility index (Phi) is 4.64. The summed E-state index contributed by atoms with van der Waals surface area (Å²) in [7, 11) is -2.27. The minimum Gasteiger partial charge on any atom is -0.496 e. The largest absolute Gasteiger partial charge is 0.496 e. The van der Waals surface area contributed by atoms with Crippen LogP contribution < -0.4 is 4.74 Å². The normalized spacial score (nSPS) is 16.9. The summed E-state index contributed by atoms with van der Waals surface area (Å²) in [5.74, 6) is 0.242. The summed E-state index contributed by atoms with van der Waals surface area (Å²) >= 11 is 5.45. The quantitative estimate of drug-likeness (QED) is 0.777. The predicted octanol–water partition coefficient (Wildman–Crippen LogP) is 1.10. The second kappa shape index (κ2) is 6.09. The summed E-state index contributed by atoms with van der Waals surface area (Å²) in [6, 6.07) is 4.05. The number of sulfonamides is 1. The fourth-order valence-electron chi connectivity index (χ4n) is 1.94. The molecule has 1 fully saturated rings. The first-order valence-electron chi connectivity index (χ1n) is 5.92. The van der Waals surface area contributed by atoms with Crippen LogP contribution in [0, 0.1) is 0 Å². The molecule has 2 rings (SSSR count). The summed E-state index contributed by atoms with van der Waals surface area (Å²) in [5.41, 5.74) is 0.0310. The van der Waals surface area contributed by atoms with Crippen LogP contribution in [0.15, 0.2) is 23.1 Å². The Labute approximate surface area is 122 Å². The molecule has 0 aromatic heterocycles. The number of ether oxygens (including phenoxy) is 2. The number of hydrogen-bond donors (Lipinski definition) is 0. The number of benzene rings is 1. The Balaban J connectivity index is 2.41. The van der Waals surface area contributed by atoms with Crippen molar-refractivity contribution in [3.63, 3.8) is 0 Å². The third-order valence-electron chi connectivity index (χ3n) is 2.99. The number of carbonyl (C=O) groups excluding carboxylic acids is 1. The molecule has 0 atom stereocenters. The number of carbonyl (C=O) groups is 1. The van der Waals surface area contributed by atoms with Gasteiger partial charge in [0.1, 0.15) is 5.75 Å². The molecule has 1 saturated heterocycles. The van der Waals surface area contributed by atoms with Gasteiger partial charge in [0, 0.05) is 13.1 Å². The second-order valence-corrected chi connectivity index (χ2v) is 6.43. The molecule has 0 spiro atoms.